The van der Waals surface area contributed by atoms with Gasteiger partial charge in [-0.05, 0) is 73.9 Å². The Morgan fingerprint density at radius 3 is 2.40 bits per heavy atom. The van der Waals surface area contributed by atoms with E-state index in [9.17, 15) is 9.59 Å². The van der Waals surface area contributed by atoms with Gasteiger partial charge in [-0.15, -0.1) is 0 Å². The summed E-state index contributed by atoms with van der Waals surface area (Å²) in [7, 11) is 0. The second-order valence-corrected chi connectivity index (χ2v) is 9.31. The number of aromatic nitrogens is 1. The number of rotatable bonds is 7. The van der Waals surface area contributed by atoms with E-state index in [2.05, 4.69) is 4.98 Å². The Hall–Kier alpha value is -3.60. The van der Waals surface area contributed by atoms with Gasteiger partial charge in [0.25, 0.3) is 5.91 Å². The topological polar surface area (TPSA) is 86.5 Å². The van der Waals surface area contributed by atoms with Crippen LogP contribution in [0, 0.1) is 11.3 Å². The molecule has 1 aliphatic rings. The Labute approximate surface area is 213 Å². The second kappa shape index (κ2) is 9.95. The molecule has 0 atom stereocenters. The third-order valence-corrected chi connectivity index (χ3v) is 6.49. The van der Waals surface area contributed by atoms with Crippen molar-refractivity contribution in [1.29, 1.82) is 5.26 Å². The van der Waals surface area contributed by atoms with E-state index in [0.29, 0.717) is 36.0 Å². The first-order chi connectivity index (χ1) is 16.7. The average Bonchev–Trinajstić information content (AvgIpc) is 3.01. The predicted octanol–water partition coefficient (Wildman–Crippen LogP) is 5.94. The summed E-state index contributed by atoms with van der Waals surface area (Å²) in [6.07, 6.45) is 3.93. The van der Waals surface area contributed by atoms with E-state index in [-0.39, 0.29) is 16.5 Å². The third kappa shape index (κ3) is 4.81. The maximum Gasteiger partial charge on any atom is 0.332 e. The quantitative estimate of drug-likeness (QED) is 0.291. The van der Waals surface area contributed by atoms with Gasteiger partial charge in [0.05, 0.1) is 27.9 Å². The molecule has 0 aliphatic carbocycles. The minimum atomic E-state index is -1.04. The molecule has 1 saturated heterocycles. The number of benzene rings is 2. The van der Waals surface area contributed by atoms with Crippen molar-refractivity contribution in [2.75, 3.05) is 18.1 Å². The maximum atomic E-state index is 13.1. The third-order valence-electron chi connectivity index (χ3n) is 5.88. The first-order valence-electron chi connectivity index (χ1n) is 10.9. The standard InChI is InChI=1S/C26H22Cl2N4O3/c1-26(2)24(33)32(20-6-4-19(16-29)21(27)15-20)25(34)31(26)12-3-13-35-23-7-5-18(14-22(23)28)17-8-10-30-11-9-17/h4-11,14-15H,3,12-13H2,1-2H3. The summed E-state index contributed by atoms with van der Waals surface area (Å²) in [4.78, 5) is 32.8. The lowest BCUT2D eigenvalue weighted by Gasteiger charge is -2.27. The summed E-state index contributed by atoms with van der Waals surface area (Å²) in [5, 5.41) is 9.74. The average molecular weight is 509 g/mol. The Bertz CT molecular complexity index is 1320. The number of carbonyl (C=O) groups excluding carboxylic acids is 2. The lowest BCUT2D eigenvalue weighted by atomic mass is 10.0. The van der Waals surface area contributed by atoms with Gasteiger partial charge in [0.1, 0.15) is 17.4 Å². The molecule has 7 nitrogen and oxygen atoms in total. The molecule has 4 rings (SSSR count). The molecule has 178 valence electrons. The molecule has 0 unspecified atom stereocenters. The molecule has 0 bridgehead atoms. The van der Waals surface area contributed by atoms with Gasteiger partial charge >= 0.3 is 6.03 Å². The van der Waals surface area contributed by atoms with Crippen LogP contribution in [0.5, 0.6) is 5.75 Å². The van der Waals surface area contributed by atoms with E-state index in [0.717, 1.165) is 16.0 Å². The lowest BCUT2D eigenvalue weighted by molar-refractivity contribution is -0.123. The molecule has 9 heteroatoms. The number of halogens is 2. The molecular formula is C26H22Cl2N4O3. The van der Waals surface area contributed by atoms with Crippen LogP contribution in [0.3, 0.4) is 0 Å². The molecule has 1 aromatic heterocycles. The van der Waals surface area contributed by atoms with Crippen LogP contribution in [0.25, 0.3) is 11.1 Å². The van der Waals surface area contributed by atoms with Gasteiger partial charge in [-0.25, -0.2) is 9.69 Å². The molecule has 3 aromatic rings. The smallest absolute Gasteiger partial charge is 0.332 e. The number of hydrogen-bond acceptors (Lipinski definition) is 5. The highest BCUT2D eigenvalue weighted by Gasteiger charge is 2.51. The molecule has 1 fully saturated rings. The van der Waals surface area contributed by atoms with Crippen molar-refractivity contribution in [3.05, 3.63) is 76.5 Å². The lowest BCUT2D eigenvalue weighted by Crippen LogP contribution is -2.44. The monoisotopic (exact) mass is 508 g/mol. The van der Waals surface area contributed by atoms with Crippen LogP contribution in [0.2, 0.25) is 10.0 Å². The zero-order chi connectivity index (χ0) is 25.2. The van der Waals surface area contributed by atoms with Gasteiger partial charge in [-0.1, -0.05) is 29.3 Å². The van der Waals surface area contributed by atoms with Gasteiger partial charge in [0.2, 0.25) is 0 Å². The van der Waals surface area contributed by atoms with Crippen molar-refractivity contribution >= 4 is 40.8 Å². The van der Waals surface area contributed by atoms with Gasteiger partial charge in [0.15, 0.2) is 0 Å². The van der Waals surface area contributed by atoms with Crippen molar-refractivity contribution < 1.29 is 14.3 Å². The van der Waals surface area contributed by atoms with Crippen LogP contribution in [0.15, 0.2) is 60.9 Å². The van der Waals surface area contributed by atoms with Gasteiger partial charge in [0, 0.05) is 18.9 Å². The van der Waals surface area contributed by atoms with Gasteiger partial charge in [-0.3, -0.25) is 9.78 Å². The number of hydrogen-bond donors (Lipinski definition) is 0. The van der Waals surface area contributed by atoms with E-state index < -0.39 is 11.6 Å². The van der Waals surface area contributed by atoms with Crippen molar-refractivity contribution in [1.82, 2.24) is 9.88 Å². The number of nitrogens with zero attached hydrogens (tertiary/aromatic N) is 4. The van der Waals surface area contributed by atoms with E-state index in [4.69, 9.17) is 33.2 Å². The van der Waals surface area contributed by atoms with Gasteiger partial charge < -0.3 is 9.64 Å². The Balaban J connectivity index is 1.40. The fourth-order valence-corrected chi connectivity index (χ4v) is 4.37. The molecule has 2 heterocycles. The number of urea groups is 1. The zero-order valence-electron chi connectivity index (χ0n) is 19.2. The summed E-state index contributed by atoms with van der Waals surface area (Å²) in [5.74, 6) is 0.181. The van der Waals surface area contributed by atoms with Gasteiger partial charge in [-0.2, -0.15) is 5.26 Å². The Morgan fingerprint density at radius 2 is 1.74 bits per heavy atom. The summed E-state index contributed by atoms with van der Waals surface area (Å²) in [6, 6.07) is 15.4. The Morgan fingerprint density at radius 1 is 1.00 bits per heavy atom. The number of imide groups is 1. The van der Waals surface area contributed by atoms with Crippen molar-refractivity contribution in [3.63, 3.8) is 0 Å². The van der Waals surface area contributed by atoms with E-state index in [1.165, 1.54) is 17.0 Å². The maximum absolute atomic E-state index is 13.1. The van der Waals surface area contributed by atoms with Crippen LogP contribution in [-0.2, 0) is 4.79 Å². The van der Waals surface area contributed by atoms with Crippen molar-refractivity contribution in [3.8, 4) is 22.9 Å². The number of pyridine rings is 1. The number of amides is 3. The number of anilines is 1. The molecule has 1 aliphatic heterocycles. The summed E-state index contributed by atoms with van der Waals surface area (Å²) >= 11 is 12.5. The number of ether oxygens (including phenoxy) is 1. The SMILES string of the molecule is CC1(C)C(=O)N(c2ccc(C#N)c(Cl)c2)C(=O)N1CCCOc1ccc(-c2ccncc2)cc1Cl. The minimum Gasteiger partial charge on any atom is -0.492 e. The van der Waals surface area contributed by atoms with E-state index in [1.54, 1.807) is 32.3 Å². The second-order valence-electron chi connectivity index (χ2n) is 8.49. The first kappa shape index (κ1) is 24.5. The number of nitriles is 1. The molecule has 3 amide bonds. The van der Waals surface area contributed by atoms with E-state index in [1.807, 2.05) is 36.4 Å². The highest BCUT2D eigenvalue weighted by molar-refractivity contribution is 6.33. The molecule has 0 N–H and O–H groups in total. The van der Waals surface area contributed by atoms with Crippen LogP contribution in [0.1, 0.15) is 25.8 Å². The normalized spacial score (nSPS) is 14.8. The van der Waals surface area contributed by atoms with Crippen LogP contribution < -0.4 is 9.64 Å². The molecule has 35 heavy (non-hydrogen) atoms. The van der Waals surface area contributed by atoms with E-state index >= 15 is 0 Å². The molecule has 0 saturated carbocycles. The van der Waals surface area contributed by atoms with Crippen LogP contribution >= 0.6 is 23.2 Å². The molecule has 2 aromatic carbocycles. The van der Waals surface area contributed by atoms with Crippen LogP contribution in [0.4, 0.5) is 10.5 Å². The fraction of sp³-hybridized carbons (Fsp3) is 0.231. The summed E-state index contributed by atoms with van der Waals surface area (Å²) in [6.45, 7) is 4.03. The highest BCUT2D eigenvalue weighted by atomic mass is 35.5. The number of carbonyl (C=O) groups is 2. The summed E-state index contributed by atoms with van der Waals surface area (Å²) in [5.41, 5.74) is 1.52. The first-order valence-corrected chi connectivity index (χ1v) is 11.7. The van der Waals surface area contributed by atoms with Crippen LogP contribution in [-0.4, -0.2) is 40.5 Å². The highest BCUT2D eigenvalue weighted by Crippen LogP contribution is 2.34. The van der Waals surface area contributed by atoms with Crippen molar-refractivity contribution in [2.45, 2.75) is 25.8 Å². The molecule has 0 spiro atoms. The molecular weight excluding hydrogens is 487 g/mol. The van der Waals surface area contributed by atoms with Crippen molar-refractivity contribution in [2.24, 2.45) is 0 Å². The minimum absolute atomic E-state index is 0.182. The Kier molecular flexibility index (Phi) is 6.97. The predicted molar refractivity (Wildman–Crippen MR) is 135 cm³/mol. The summed E-state index contributed by atoms with van der Waals surface area (Å²) < 4.78 is 5.84. The molecule has 0 radical (unpaired) electrons. The largest absolute Gasteiger partial charge is 0.492 e. The zero-order valence-corrected chi connectivity index (χ0v) is 20.7. The fourth-order valence-electron chi connectivity index (χ4n) is 3.92.